The number of hydrogen-bond acceptors (Lipinski definition) is 4. The van der Waals surface area contributed by atoms with E-state index >= 15 is 0 Å². The number of thiocarbonyl (C=S) groups is 1. The van der Waals surface area contributed by atoms with Crippen LogP contribution in [-0.2, 0) is 22.4 Å². The molecule has 6 nitrogen and oxygen atoms in total. The van der Waals surface area contributed by atoms with E-state index in [4.69, 9.17) is 21.4 Å². The van der Waals surface area contributed by atoms with Gasteiger partial charge < -0.3 is 14.5 Å². The molecule has 1 atom stereocenters. The van der Waals surface area contributed by atoms with Gasteiger partial charge in [0.25, 0.3) is 0 Å². The second-order valence-electron chi connectivity index (χ2n) is 5.62. The lowest BCUT2D eigenvalue weighted by Gasteiger charge is -2.16. The highest BCUT2D eigenvalue weighted by Gasteiger charge is 2.11. The zero-order chi connectivity index (χ0) is 17.5. The van der Waals surface area contributed by atoms with Crippen LogP contribution in [0.3, 0.4) is 0 Å². The Morgan fingerprint density at radius 1 is 1.38 bits per heavy atom. The number of ether oxygens (including phenoxy) is 1. The minimum absolute atomic E-state index is 0.0532. The lowest BCUT2D eigenvalue weighted by atomic mass is 10.1. The number of carbonyl (C=O) groups excluding carboxylic acids is 1. The molecular weight excluding hydrogens is 326 g/mol. The Morgan fingerprint density at radius 3 is 2.88 bits per heavy atom. The third kappa shape index (κ3) is 4.94. The zero-order valence-electron chi connectivity index (χ0n) is 14.1. The molecule has 0 unspecified atom stereocenters. The Hall–Kier alpha value is -2.12. The second-order valence-corrected chi connectivity index (χ2v) is 6.03. The first-order chi connectivity index (χ1) is 11.5. The summed E-state index contributed by atoms with van der Waals surface area (Å²) in [6, 6.07) is 6.10. The quantitative estimate of drug-likeness (QED) is 0.548. The molecule has 130 valence electrons. The highest BCUT2D eigenvalue weighted by atomic mass is 32.1. The van der Waals surface area contributed by atoms with Gasteiger partial charge in [0.15, 0.2) is 5.11 Å². The lowest BCUT2D eigenvalue weighted by Crippen LogP contribution is -2.50. The van der Waals surface area contributed by atoms with Gasteiger partial charge in [-0.15, -0.1) is 0 Å². The smallest absolute Gasteiger partial charge is 0.242 e. The van der Waals surface area contributed by atoms with Crippen LogP contribution < -0.4 is 16.2 Å². The summed E-state index contributed by atoms with van der Waals surface area (Å²) in [6.45, 7) is 4.55. The van der Waals surface area contributed by atoms with Crippen LogP contribution >= 0.6 is 12.2 Å². The number of amides is 1. The molecule has 0 saturated carbocycles. The van der Waals surface area contributed by atoms with Gasteiger partial charge in [-0.1, -0.05) is 19.1 Å². The summed E-state index contributed by atoms with van der Waals surface area (Å²) < 4.78 is 10.6. The number of fused-ring (bicyclic) bond motifs is 1. The van der Waals surface area contributed by atoms with Crippen LogP contribution in [0.15, 0.2) is 28.9 Å². The SMILES string of the molecule is CCc1ccc2c(CC(=O)NNC(=S)N[C@H](C)COC)coc2c1. The minimum Gasteiger partial charge on any atom is -0.464 e. The third-order valence-electron chi connectivity index (χ3n) is 3.59. The van der Waals surface area contributed by atoms with Gasteiger partial charge >= 0.3 is 0 Å². The van der Waals surface area contributed by atoms with Gasteiger partial charge in [-0.25, -0.2) is 0 Å². The van der Waals surface area contributed by atoms with E-state index in [0.717, 1.165) is 23.0 Å². The van der Waals surface area contributed by atoms with E-state index < -0.39 is 0 Å². The van der Waals surface area contributed by atoms with Crippen molar-refractivity contribution in [3.05, 3.63) is 35.6 Å². The van der Waals surface area contributed by atoms with Crippen molar-refractivity contribution >= 4 is 34.2 Å². The maximum Gasteiger partial charge on any atom is 0.242 e. The summed E-state index contributed by atoms with van der Waals surface area (Å²) in [5.74, 6) is -0.194. The van der Waals surface area contributed by atoms with Crippen LogP contribution in [0.4, 0.5) is 0 Å². The van der Waals surface area contributed by atoms with E-state index in [0.29, 0.717) is 11.7 Å². The lowest BCUT2D eigenvalue weighted by molar-refractivity contribution is -0.121. The second kappa shape index (κ2) is 8.65. The molecule has 0 spiro atoms. The Balaban J connectivity index is 1.87. The van der Waals surface area contributed by atoms with E-state index in [1.54, 1.807) is 13.4 Å². The van der Waals surface area contributed by atoms with Gasteiger partial charge in [0.05, 0.1) is 19.3 Å². The first kappa shape index (κ1) is 18.2. The van der Waals surface area contributed by atoms with E-state index in [2.05, 4.69) is 23.1 Å². The largest absolute Gasteiger partial charge is 0.464 e. The highest BCUT2D eigenvalue weighted by Crippen LogP contribution is 2.23. The van der Waals surface area contributed by atoms with Crippen LogP contribution in [0.5, 0.6) is 0 Å². The van der Waals surface area contributed by atoms with Crippen LogP contribution in [0, 0.1) is 0 Å². The molecule has 2 rings (SSSR count). The number of hydrogen-bond donors (Lipinski definition) is 3. The molecule has 1 aromatic heterocycles. The fourth-order valence-electron chi connectivity index (χ4n) is 2.38. The van der Waals surface area contributed by atoms with Crippen molar-refractivity contribution < 1.29 is 13.9 Å². The van der Waals surface area contributed by atoms with E-state index in [1.807, 2.05) is 25.1 Å². The number of nitrogens with one attached hydrogen (secondary N) is 3. The van der Waals surface area contributed by atoms with E-state index in [1.165, 1.54) is 5.56 Å². The summed E-state index contributed by atoms with van der Waals surface area (Å²) in [5, 5.41) is 4.30. The third-order valence-corrected chi connectivity index (χ3v) is 3.81. The molecule has 2 aromatic rings. The maximum atomic E-state index is 12.1. The Bertz CT molecular complexity index is 714. The normalized spacial score (nSPS) is 12.0. The summed E-state index contributed by atoms with van der Waals surface area (Å²) in [4.78, 5) is 12.1. The Labute approximate surface area is 146 Å². The van der Waals surface area contributed by atoms with Crippen LogP contribution in [0.25, 0.3) is 11.0 Å². The fourth-order valence-corrected chi connectivity index (χ4v) is 2.63. The molecule has 0 saturated heterocycles. The van der Waals surface area contributed by atoms with Crippen LogP contribution in [-0.4, -0.2) is 30.8 Å². The molecule has 1 amide bonds. The number of carbonyl (C=O) groups is 1. The number of methoxy groups -OCH3 is 1. The molecule has 0 aliphatic carbocycles. The predicted octanol–water partition coefficient (Wildman–Crippen LogP) is 2.07. The Morgan fingerprint density at radius 2 is 2.17 bits per heavy atom. The molecule has 3 N–H and O–H groups in total. The average molecular weight is 349 g/mol. The minimum atomic E-state index is -0.194. The number of furan rings is 1. The standard InChI is InChI=1S/C17H23N3O3S/c1-4-12-5-6-14-13(10-23-15(14)7-12)8-16(21)19-20-17(24)18-11(2)9-22-3/h5-7,10-11H,4,8-9H2,1-3H3,(H,19,21)(H2,18,20,24)/t11-/m1/s1. The number of rotatable bonds is 6. The van der Waals surface area contributed by atoms with Crippen molar-refractivity contribution in [2.45, 2.75) is 32.7 Å². The van der Waals surface area contributed by atoms with Crippen molar-refractivity contribution in [2.75, 3.05) is 13.7 Å². The Kier molecular flexibility index (Phi) is 6.57. The van der Waals surface area contributed by atoms with E-state index in [-0.39, 0.29) is 18.4 Å². The molecule has 24 heavy (non-hydrogen) atoms. The summed E-state index contributed by atoms with van der Waals surface area (Å²) in [5.41, 5.74) is 8.12. The predicted molar refractivity (Wildman–Crippen MR) is 97.6 cm³/mol. The van der Waals surface area contributed by atoms with E-state index in [9.17, 15) is 4.79 Å². The fraction of sp³-hybridized carbons (Fsp3) is 0.412. The zero-order valence-corrected chi connectivity index (χ0v) is 15.0. The first-order valence-corrected chi connectivity index (χ1v) is 8.27. The van der Waals surface area contributed by atoms with Gasteiger partial charge in [-0.05, 0) is 37.2 Å². The van der Waals surface area contributed by atoms with Crippen molar-refractivity contribution in [3.63, 3.8) is 0 Å². The number of hydrazine groups is 1. The monoisotopic (exact) mass is 349 g/mol. The van der Waals surface area contributed by atoms with Crippen molar-refractivity contribution in [1.29, 1.82) is 0 Å². The maximum absolute atomic E-state index is 12.1. The molecule has 0 bridgehead atoms. The summed E-state index contributed by atoms with van der Waals surface area (Å²) in [6.07, 6.45) is 2.78. The molecule has 0 aliphatic rings. The first-order valence-electron chi connectivity index (χ1n) is 7.86. The molecule has 1 heterocycles. The van der Waals surface area contributed by atoms with Gasteiger partial charge in [0.1, 0.15) is 5.58 Å². The molecule has 7 heteroatoms. The molecule has 0 radical (unpaired) electrons. The van der Waals surface area contributed by atoms with Gasteiger partial charge in [0, 0.05) is 24.1 Å². The van der Waals surface area contributed by atoms with Crippen molar-refractivity contribution in [2.24, 2.45) is 0 Å². The highest BCUT2D eigenvalue weighted by molar-refractivity contribution is 7.80. The summed E-state index contributed by atoms with van der Waals surface area (Å²) in [7, 11) is 1.62. The van der Waals surface area contributed by atoms with Crippen LogP contribution in [0.2, 0.25) is 0 Å². The molecular formula is C17H23N3O3S. The number of benzene rings is 1. The van der Waals surface area contributed by atoms with Gasteiger partial charge in [0.2, 0.25) is 5.91 Å². The van der Waals surface area contributed by atoms with Gasteiger partial charge in [-0.2, -0.15) is 0 Å². The van der Waals surface area contributed by atoms with Crippen molar-refractivity contribution in [3.8, 4) is 0 Å². The molecule has 0 aliphatic heterocycles. The molecule has 0 fully saturated rings. The van der Waals surface area contributed by atoms with Crippen molar-refractivity contribution in [1.82, 2.24) is 16.2 Å². The van der Waals surface area contributed by atoms with Crippen LogP contribution in [0.1, 0.15) is 25.0 Å². The van der Waals surface area contributed by atoms with Gasteiger partial charge in [-0.3, -0.25) is 15.6 Å². The molecule has 1 aromatic carbocycles. The summed E-state index contributed by atoms with van der Waals surface area (Å²) >= 11 is 5.10. The average Bonchev–Trinajstić information content (AvgIpc) is 2.95. The topological polar surface area (TPSA) is 75.5 Å². The number of aryl methyl sites for hydroxylation is 1.